The number of H-pyrrole nitrogens is 2. The van der Waals surface area contributed by atoms with Crippen molar-refractivity contribution in [3.05, 3.63) is 73.1 Å². The van der Waals surface area contributed by atoms with Gasteiger partial charge < -0.3 is 20.4 Å². The molecule has 0 saturated heterocycles. The number of nitrogens with two attached hydrogens (primary N) is 1. The number of rotatable bonds is 3. The third-order valence-electron chi connectivity index (χ3n) is 5.11. The van der Waals surface area contributed by atoms with Gasteiger partial charge in [-0.3, -0.25) is 0 Å². The highest BCUT2D eigenvalue weighted by atomic mass is 16.5. The minimum absolute atomic E-state index is 0.643. The van der Waals surface area contributed by atoms with Crippen molar-refractivity contribution in [3.63, 3.8) is 0 Å². The van der Waals surface area contributed by atoms with Crippen LogP contribution in [-0.2, 0) is 0 Å². The summed E-state index contributed by atoms with van der Waals surface area (Å²) in [6.45, 7) is 0. The van der Waals surface area contributed by atoms with Crippen LogP contribution in [-0.4, -0.2) is 17.1 Å². The van der Waals surface area contributed by atoms with Crippen LogP contribution in [0.5, 0.6) is 5.75 Å². The lowest BCUT2D eigenvalue weighted by atomic mass is 9.99. The van der Waals surface area contributed by atoms with Crippen molar-refractivity contribution < 1.29 is 4.74 Å². The molecular weight excluding hydrogens is 334 g/mol. The van der Waals surface area contributed by atoms with Crippen LogP contribution >= 0.6 is 0 Å². The van der Waals surface area contributed by atoms with E-state index in [1.807, 2.05) is 24.4 Å². The second-order valence-electron chi connectivity index (χ2n) is 6.70. The minimum Gasteiger partial charge on any atom is -0.495 e. The van der Waals surface area contributed by atoms with E-state index >= 15 is 0 Å². The molecule has 0 bridgehead atoms. The van der Waals surface area contributed by atoms with E-state index in [1.54, 1.807) is 7.11 Å². The van der Waals surface area contributed by atoms with Gasteiger partial charge in [-0.05, 0) is 64.5 Å². The van der Waals surface area contributed by atoms with E-state index in [9.17, 15) is 0 Å². The lowest BCUT2D eigenvalue weighted by Crippen LogP contribution is -1.92. The normalized spacial score (nSPS) is 11.3. The number of ether oxygens (including phenoxy) is 1. The molecule has 4 nitrogen and oxygen atoms in total. The summed E-state index contributed by atoms with van der Waals surface area (Å²) in [6, 6.07) is 20.9. The van der Waals surface area contributed by atoms with Gasteiger partial charge in [-0.25, -0.2) is 0 Å². The summed E-state index contributed by atoms with van der Waals surface area (Å²) < 4.78 is 5.37. The fourth-order valence-corrected chi connectivity index (χ4v) is 3.65. The summed E-state index contributed by atoms with van der Waals surface area (Å²) in [6.07, 6.45) is 4.04. The summed E-state index contributed by atoms with van der Waals surface area (Å²) in [7, 11) is 1.64. The molecule has 0 aliphatic heterocycles. The molecule has 5 aromatic rings. The van der Waals surface area contributed by atoms with Gasteiger partial charge in [0.15, 0.2) is 0 Å². The van der Waals surface area contributed by atoms with Gasteiger partial charge in [0.25, 0.3) is 0 Å². The average Bonchev–Trinajstić information content (AvgIpc) is 3.34. The Labute approximate surface area is 156 Å². The van der Waals surface area contributed by atoms with Crippen LogP contribution in [0.3, 0.4) is 0 Å². The Bertz CT molecular complexity index is 1280. The Morgan fingerprint density at radius 2 is 1.56 bits per heavy atom. The number of hydrogen-bond donors (Lipinski definition) is 3. The molecule has 0 unspecified atom stereocenters. The molecule has 0 amide bonds. The summed E-state index contributed by atoms with van der Waals surface area (Å²) in [4.78, 5) is 6.63. The van der Waals surface area contributed by atoms with Crippen molar-refractivity contribution in [2.75, 3.05) is 12.8 Å². The lowest BCUT2D eigenvalue weighted by molar-refractivity contribution is 0.417. The molecule has 0 fully saturated rings. The van der Waals surface area contributed by atoms with Gasteiger partial charge in [0.1, 0.15) is 5.75 Å². The fourth-order valence-electron chi connectivity index (χ4n) is 3.65. The Morgan fingerprint density at radius 1 is 0.778 bits per heavy atom. The Hall–Kier alpha value is -3.66. The number of nitrogen functional groups attached to an aromatic ring is 1. The van der Waals surface area contributed by atoms with E-state index in [0.717, 1.165) is 22.2 Å². The molecule has 2 heterocycles. The molecule has 0 radical (unpaired) electrons. The molecule has 27 heavy (non-hydrogen) atoms. The molecule has 0 saturated carbocycles. The first-order valence-corrected chi connectivity index (χ1v) is 8.85. The van der Waals surface area contributed by atoms with Gasteiger partial charge in [0, 0.05) is 34.4 Å². The molecule has 0 spiro atoms. The molecule has 3 aromatic carbocycles. The zero-order chi connectivity index (χ0) is 18.4. The number of anilines is 1. The van der Waals surface area contributed by atoms with Crippen LogP contribution in [0.1, 0.15) is 0 Å². The van der Waals surface area contributed by atoms with Crippen LogP contribution in [0.25, 0.3) is 44.1 Å². The highest BCUT2D eigenvalue weighted by Crippen LogP contribution is 2.35. The molecule has 0 aliphatic carbocycles. The number of aromatic amines is 2. The minimum atomic E-state index is 0.643. The van der Waals surface area contributed by atoms with E-state index < -0.39 is 0 Å². The number of methoxy groups -OCH3 is 1. The number of nitrogens with one attached hydrogen (secondary N) is 2. The smallest absolute Gasteiger partial charge is 0.142 e. The van der Waals surface area contributed by atoms with E-state index in [-0.39, 0.29) is 0 Å². The van der Waals surface area contributed by atoms with Gasteiger partial charge in [0.05, 0.1) is 12.8 Å². The molecule has 0 atom stereocenters. The largest absolute Gasteiger partial charge is 0.495 e. The highest BCUT2D eigenvalue weighted by Gasteiger charge is 2.10. The monoisotopic (exact) mass is 353 g/mol. The Balaban J connectivity index is 1.66. The third-order valence-corrected chi connectivity index (χ3v) is 5.11. The van der Waals surface area contributed by atoms with Crippen molar-refractivity contribution >= 4 is 27.5 Å². The van der Waals surface area contributed by atoms with Gasteiger partial charge in [-0.2, -0.15) is 0 Å². The molecule has 2 aromatic heterocycles. The number of aromatic nitrogens is 2. The second kappa shape index (κ2) is 5.95. The maximum atomic E-state index is 5.96. The second-order valence-corrected chi connectivity index (χ2v) is 6.70. The van der Waals surface area contributed by atoms with Crippen LogP contribution in [0.15, 0.2) is 73.1 Å². The third kappa shape index (κ3) is 2.54. The van der Waals surface area contributed by atoms with Crippen molar-refractivity contribution in [2.45, 2.75) is 0 Å². The molecule has 5 rings (SSSR count). The topological polar surface area (TPSA) is 66.8 Å². The predicted octanol–water partition coefficient (Wildman–Crippen LogP) is 5.57. The molecule has 4 N–H and O–H groups in total. The van der Waals surface area contributed by atoms with Crippen LogP contribution < -0.4 is 10.5 Å². The number of benzene rings is 3. The Kier molecular flexibility index (Phi) is 3.44. The van der Waals surface area contributed by atoms with Crippen molar-refractivity contribution in [1.29, 1.82) is 0 Å². The SMILES string of the molecule is COc1cc(-c2ccc3[nH]cc(-c4ccc5[nH]ccc5c4)c3c2)ccc1N. The first kappa shape index (κ1) is 15.6. The summed E-state index contributed by atoms with van der Waals surface area (Å²) in [5.41, 5.74) is 13.5. The van der Waals surface area contributed by atoms with Gasteiger partial charge in [-0.15, -0.1) is 0 Å². The van der Waals surface area contributed by atoms with Gasteiger partial charge in [0.2, 0.25) is 0 Å². The van der Waals surface area contributed by atoms with Crippen LogP contribution in [0.2, 0.25) is 0 Å². The highest BCUT2D eigenvalue weighted by molar-refractivity contribution is 5.99. The van der Waals surface area contributed by atoms with Crippen LogP contribution in [0, 0.1) is 0 Å². The van der Waals surface area contributed by atoms with E-state index in [4.69, 9.17) is 10.5 Å². The molecule has 132 valence electrons. The molecule has 4 heteroatoms. The lowest BCUT2D eigenvalue weighted by Gasteiger charge is -2.08. The van der Waals surface area contributed by atoms with Gasteiger partial charge >= 0.3 is 0 Å². The average molecular weight is 353 g/mol. The maximum absolute atomic E-state index is 5.96. The fraction of sp³-hybridized carbons (Fsp3) is 0.0435. The van der Waals surface area contributed by atoms with E-state index in [1.165, 1.54) is 21.9 Å². The number of hydrogen-bond acceptors (Lipinski definition) is 2. The zero-order valence-electron chi connectivity index (χ0n) is 14.9. The first-order valence-electron chi connectivity index (χ1n) is 8.85. The first-order chi connectivity index (χ1) is 13.2. The zero-order valence-corrected chi connectivity index (χ0v) is 14.9. The molecular formula is C23H19N3O. The number of fused-ring (bicyclic) bond motifs is 2. The maximum Gasteiger partial charge on any atom is 0.142 e. The Morgan fingerprint density at radius 3 is 2.44 bits per heavy atom. The predicted molar refractivity (Wildman–Crippen MR) is 112 cm³/mol. The van der Waals surface area contributed by atoms with Gasteiger partial charge in [-0.1, -0.05) is 18.2 Å². The van der Waals surface area contributed by atoms with E-state index in [0.29, 0.717) is 11.4 Å². The standard InChI is InChI=1S/C23H19N3O/c1-27-23-12-15(2-5-20(23)24)14-3-7-22-18(11-14)19(13-26-22)16-4-6-21-17(10-16)8-9-25-21/h2-13,25-26H,24H2,1H3. The summed E-state index contributed by atoms with van der Waals surface area (Å²) in [5.74, 6) is 0.694. The summed E-state index contributed by atoms with van der Waals surface area (Å²) >= 11 is 0. The molecule has 0 aliphatic rings. The van der Waals surface area contributed by atoms with E-state index in [2.05, 4.69) is 58.6 Å². The summed E-state index contributed by atoms with van der Waals surface area (Å²) in [5, 5.41) is 2.40. The van der Waals surface area contributed by atoms with Crippen molar-refractivity contribution in [2.24, 2.45) is 0 Å². The quantitative estimate of drug-likeness (QED) is 0.371. The van der Waals surface area contributed by atoms with Crippen molar-refractivity contribution in [1.82, 2.24) is 9.97 Å². The van der Waals surface area contributed by atoms with Crippen LogP contribution in [0.4, 0.5) is 5.69 Å². The van der Waals surface area contributed by atoms with Crippen molar-refractivity contribution in [3.8, 4) is 28.0 Å².